The molecule has 2 fully saturated rings. The zero-order valence-corrected chi connectivity index (χ0v) is 21.2. The van der Waals surface area contributed by atoms with E-state index in [1.165, 1.54) is 0 Å². The summed E-state index contributed by atoms with van der Waals surface area (Å²) in [4.78, 5) is 39.7. The number of rotatable bonds is 8. The van der Waals surface area contributed by atoms with Crippen molar-refractivity contribution in [3.63, 3.8) is 0 Å². The summed E-state index contributed by atoms with van der Waals surface area (Å²) in [5.41, 5.74) is 0.714. The number of carbonyl (C=O) groups is 3. The maximum Gasteiger partial charge on any atom is 0.304 e. The highest BCUT2D eigenvalue weighted by atomic mass is 35.5. The van der Waals surface area contributed by atoms with Crippen LogP contribution in [0.2, 0.25) is 10.0 Å². The van der Waals surface area contributed by atoms with Crippen molar-refractivity contribution in [2.45, 2.75) is 51.0 Å². The van der Waals surface area contributed by atoms with Crippen LogP contribution in [0.25, 0.3) is 0 Å². The van der Waals surface area contributed by atoms with Gasteiger partial charge in [0.15, 0.2) is 0 Å². The molecule has 0 aromatic heterocycles. The molecule has 4 rings (SSSR count). The Bertz CT molecular complexity index is 1110. The molecule has 2 amide bonds. The highest BCUT2D eigenvalue weighted by Gasteiger charge is 2.52. The minimum atomic E-state index is -1.12. The van der Waals surface area contributed by atoms with Crippen LogP contribution >= 0.6 is 23.2 Å². The second-order valence-corrected chi connectivity index (χ2v) is 10.6. The lowest BCUT2D eigenvalue weighted by Gasteiger charge is -2.47. The second kappa shape index (κ2) is 10.6. The Morgan fingerprint density at radius 3 is 2.51 bits per heavy atom. The molecule has 4 atom stereocenters. The van der Waals surface area contributed by atoms with E-state index in [4.69, 9.17) is 23.2 Å². The van der Waals surface area contributed by atoms with Gasteiger partial charge in [0.1, 0.15) is 0 Å². The standard InChI is InChI=1S/C27H30Cl2N2O4/c1-17(11-13-31-12-3-6-23(31)32)27(16-24(33)34)15-22(19-4-2-5-21(29)14-19)25(30-26(27)35)18-7-9-20(28)10-8-18/h2,4-5,7-10,14,17,22,25H,3,6,11-13,15-16H2,1H3,(H,30,35)(H,33,34)/t17-,22+,25+,27+/m0/s1. The number of piperidine rings is 1. The van der Waals surface area contributed by atoms with Gasteiger partial charge in [-0.25, -0.2) is 0 Å². The summed E-state index contributed by atoms with van der Waals surface area (Å²) in [5, 5.41) is 14.2. The first-order valence-electron chi connectivity index (χ1n) is 12.0. The molecule has 8 heteroatoms. The Hall–Kier alpha value is -2.57. The number of carboxylic acids is 1. The van der Waals surface area contributed by atoms with Crippen LogP contribution in [0.5, 0.6) is 0 Å². The molecular formula is C27H30Cl2N2O4. The van der Waals surface area contributed by atoms with Crippen molar-refractivity contribution in [1.82, 2.24) is 10.2 Å². The summed E-state index contributed by atoms with van der Waals surface area (Å²) in [7, 11) is 0. The van der Waals surface area contributed by atoms with Crippen LogP contribution < -0.4 is 5.32 Å². The number of carboxylic acid groups (broad SMARTS) is 1. The average Bonchev–Trinajstić information content (AvgIpc) is 3.23. The monoisotopic (exact) mass is 516 g/mol. The molecule has 0 unspecified atom stereocenters. The third kappa shape index (κ3) is 5.49. The van der Waals surface area contributed by atoms with E-state index in [-0.39, 0.29) is 36.1 Å². The minimum absolute atomic E-state index is 0.122. The molecule has 186 valence electrons. The molecule has 2 aliphatic heterocycles. The van der Waals surface area contributed by atoms with Crippen LogP contribution in [0.1, 0.15) is 62.1 Å². The Balaban J connectivity index is 1.70. The number of carbonyl (C=O) groups excluding carboxylic acids is 2. The van der Waals surface area contributed by atoms with Crippen LogP contribution in [0.15, 0.2) is 48.5 Å². The van der Waals surface area contributed by atoms with Crippen molar-refractivity contribution in [1.29, 1.82) is 0 Å². The number of amides is 2. The number of hydrogen-bond donors (Lipinski definition) is 2. The molecule has 2 aromatic rings. The summed E-state index contributed by atoms with van der Waals surface area (Å²) in [6.07, 6.45) is 2.02. The van der Waals surface area contributed by atoms with E-state index in [9.17, 15) is 19.5 Å². The Labute approximate surface area is 215 Å². The van der Waals surface area contributed by atoms with Gasteiger partial charge in [0.25, 0.3) is 0 Å². The Morgan fingerprint density at radius 2 is 1.89 bits per heavy atom. The van der Waals surface area contributed by atoms with Gasteiger partial charge in [-0.05, 0) is 60.6 Å². The minimum Gasteiger partial charge on any atom is -0.481 e. The number of nitrogens with zero attached hydrogens (tertiary/aromatic N) is 1. The predicted molar refractivity (Wildman–Crippen MR) is 135 cm³/mol. The van der Waals surface area contributed by atoms with Crippen molar-refractivity contribution in [3.05, 3.63) is 69.7 Å². The van der Waals surface area contributed by atoms with E-state index < -0.39 is 11.4 Å². The van der Waals surface area contributed by atoms with Crippen LogP contribution in [-0.2, 0) is 14.4 Å². The smallest absolute Gasteiger partial charge is 0.304 e. The van der Waals surface area contributed by atoms with Gasteiger partial charge >= 0.3 is 5.97 Å². The lowest BCUT2D eigenvalue weighted by atomic mass is 9.61. The largest absolute Gasteiger partial charge is 0.481 e. The molecule has 2 heterocycles. The summed E-state index contributed by atoms with van der Waals surface area (Å²) in [6, 6.07) is 14.5. The molecule has 6 nitrogen and oxygen atoms in total. The SMILES string of the molecule is C[C@@H](CCN1CCCC1=O)[C@]1(CC(=O)O)C[C@H](c2cccc(Cl)c2)[C@@H](c2ccc(Cl)cc2)NC1=O. The summed E-state index contributed by atoms with van der Waals surface area (Å²) in [5.74, 6) is -1.60. The van der Waals surface area contributed by atoms with E-state index in [2.05, 4.69) is 5.32 Å². The molecule has 2 saturated heterocycles. The zero-order chi connectivity index (χ0) is 25.2. The molecule has 2 aliphatic rings. The summed E-state index contributed by atoms with van der Waals surface area (Å²) in [6.45, 7) is 3.17. The van der Waals surface area contributed by atoms with Gasteiger partial charge in [0.05, 0.1) is 17.9 Å². The third-order valence-corrected chi connectivity index (χ3v) is 8.13. The van der Waals surface area contributed by atoms with Crippen LogP contribution in [-0.4, -0.2) is 40.9 Å². The molecular weight excluding hydrogens is 487 g/mol. The molecule has 0 radical (unpaired) electrons. The van der Waals surface area contributed by atoms with E-state index >= 15 is 0 Å². The van der Waals surface area contributed by atoms with Gasteiger partial charge in [0, 0.05) is 35.5 Å². The second-order valence-electron chi connectivity index (χ2n) is 9.77. The highest BCUT2D eigenvalue weighted by molar-refractivity contribution is 6.30. The topological polar surface area (TPSA) is 86.7 Å². The third-order valence-electron chi connectivity index (χ3n) is 7.64. The molecule has 0 saturated carbocycles. The van der Waals surface area contributed by atoms with E-state index in [1.807, 2.05) is 42.2 Å². The van der Waals surface area contributed by atoms with Crippen molar-refractivity contribution in [2.24, 2.45) is 11.3 Å². The number of aliphatic carboxylic acids is 1. The maximum absolute atomic E-state index is 13.7. The number of hydrogen-bond acceptors (Lipinski definition) is 3. The van der Waals surface area contributed by atoms with Crippen LogP contribution in [0, 0.1) is 11.3 Å². The Morgan fingerprint density at radius 1 is 1.14 bits per heavy atom. The number of likely N-dealkylation sites (tertiary alicyclic amines) is 1. The number of benzene rings is 2. The lowest BCUT2D eigenvalue weighted by molar-refractivity contribution is -0.152. The van der Waals surface area contributed by atoms with Crippen molar-refractivity contribution >= 4 is 41.0 Å². The average molecular weight is 517 g/mol. The van der Waals surface area contributed by atoms with Crippen molar-refractivity contribution in [2.75, 3.05) is 13.1 Å². The molecule has 0 spiro atoms. The van der Waals surface area contributed by atoms with Gasteiger partial charge < -0.3 is 15.3 Å². The van der Waals surface area contributed by atoms with Crippen molar-refractivity contribution < 1.29 is 19.5 Å². The number of nitrogens with one attached hydrogen (secondary N) is 1. The van der Waals surface area contributed by atoms with E-state index in [1.54, 1.807) is 18.2 Å². The van der Waals surface area contributed by atoms with Gasteiger partial charge in [-0.2, -0.15) is 0 Å². The quantitative estimate of drug-likeness (QED) is 0.488. The van der Waals surface area contributed by atoms with Gasteiger partial charge in [-0.15, -0.1) is 0 Å². The highest BCUT2D eigenvalue weighted by Crippen LogP contribution is 2.51. The van der Waals surface area contributed by atoms with Gasteiger partial charge in [0.2, 0.25) is 11.8 Å². The molecule has 0 bridgehead atoms. The summed E-state index contributed by atoms with van der Waals surface area (Å²) < 4.78 is 0. The van der Waals surface area contributed by atoms with Crippen LogP contribution in [0.3, 0.4) is 0 Å². The fourth-order valence-corrected chi connectivity index (χ4v) is 5.93. The van der Waals surface area contributed by atoms with E-state index in [0.717, 1.165) is 17.5 Å². The zero-order valence-electron chi connectivity index (χ0n) is 19.7. The summed E-state index contributed by atoms with van der Waals surface area (Å²) >= 11 is 12.4. The van der Waals surface area contributed by atoms with E-state index in [0.29, 0.717) is 42.4 Å². The van der Waals surface area contributed by atoms with Gasteiger partial charge in [-0.3, -0.25) is 14.4 Å². The fraction of sp³-hybridized carbons (Fsp3) is 0.444. The van der Waals surface area contributed by atoms with Crippen molar-refractivity contribution in [3.8, 4) is 0 Å². The lowest BCUT2D eigenvalue weighted by Crippen LogP contribution is -2.54. The number of halogens is 2. The first-order valence-corrected chi connectivity index (χ1v) is 12.8. The molecule has 2 aromatic carbocycles. The van der Waals surface area contributed by atoms with Crippen LogP contribution in [0.4, 0.5) is 0 Å². The normalized spacial score (nSPS) is 25.4. The maximum atomic E-state index is 13.7. The molecule has 2 N–H and O–H groups in total. The predicted octanol–water partition coefficient (Wildman–Crippen LogP) is 5.45. The molecule has 0 aliphatic carbocycles. The first-order chi connectivity index (χ1) is 16.7. The Kier molecular flexibility index (Phi) is 7.72. The molecule has 35 heavy (non-hydrogen) atoms. The fourth-order valence-electron chi connectivity index (χ4n) is 5.61. The first kappa shape index (κ1) is 25.5. The van der Waals surface area contributed by atoms with Gasteiger partial charge in [-0.1, -0.05) is 54.4 Å².